The van der Waals surface area contributed by atoms with Crippen molar-refractivity contribution >= 4 is 5.97 Å². The summed E-state index contributed by atoms with van der Waals surface area (Å²) in [7, 11) is 1.00. The fourth-order valence-corrected chi connectivity index (χ4v) is 1.09. The van der Waals surface area contributed by atoms with Crippen molar-refractivity contribution in [3.63, 3.8) is 0 Å². The molecule has 0 spiro atoms. The summed E-state index contributed by atoms with van der Waals surface area (Å²) in [5.74, 6) is -0.717. The highest BCUT2D eigenvalue weighted by molar-refractivity contribution is 5.66. The van der Waals surface area contributed by atoms with Gasteiger partial charge < -0.3 is 10.2 Å². The number of aliphatic hydroxyl groups is 1. The van der Waals surface area contributed by atoms with Crippen LogP contribution in [0.25, 0.3) is 0 Å². The maximum absolute atomic E-state index is 10.2. The quantitative estimate of drug-likeness (QED) is 0.770. The second-order valence-corrected chi connectivity index (χ2v) is 2.73. The van der Waals surface area contributed by atoms with Gasteiger partial charge >= 0.3 is 5.97 Å². The first-order chi connectivity index (χ1) is 6.79. The number of aliphatic hydroxyl groups excluding tert-OH is 1. The highest BCUT2D eigenvalue weighted by Crippen LogP contribution is 2.03. The minimum Gasteiger partial charge on any atom is -0.481 e. The zero-order chi connectivity index (χ0) is 10.8. The molecule has 14 heavy (non-hydrogen) atoms. The Bertz CT molecular complexity index is 244. The fraction of sp³-hybridized carbons (Fsp3) is 0.364. The van der Waals surface area contributed by atoms with Gasteiger partial charge in [-0.05, 0) is 18.4 Å². The number of carboxylic acid groups (broad SMARTS) is 1. The van der Waals surface area contributed by atoms with Crippen molar-refractivity contribution in [2.75, 3.05) is 7.11 Å². The maximum Gasteiger partial charge on any atom is 0.303 e. The topological polar surface area (TPSA) is 57.5 Å². The molecule has 3 heteroatoms. The van der Waals surface area contributed by atoms with Gasteiger partial charge in [0, 0.05) is 13.5 Å². The Morgan fingerprint density at radius 3 is 2.29 bits per heavy atom. The van der Waals surface area contributed by atoms with Gasteiger partial charge in [0.1, 0.15) is 0 Å². The van der Waals surface area contributed by atoms with Crippen LogP contribution in [0.4, 0.5) is 0 Å². The molecule has 2 N–H and O–H groups in total. The highest BCUT2D eigenvalue weighted by atomic mass is 16.4. The minimum atomic E-state index is -0.717. The molecule has 78 valence electrons. The van der Waals surface area contributed by atoms with Crippen LogP contribution in [0.2, 0.25) is 0 Å². The summed E-state index contributed by atoms with van der Waals surface area (Å²) < 4.78 is 0. The molecule has 0 amide bonds. The Labute approximate surface area is 84.0 Å². The van der Waals surface area contributed by atoms with Crippen molar-refractivity contribution in [1.29, 1.82) is 0 Å². The maximum atomic E-state index is 10.2. The van der Waals surface area contributed by atoms with Crippen LogP contribution < -0.4 is 0 Å². The van der Waals surface area contributed by atoms with E-state index in [2.05, 4.69) is 0 Å². The number of carbonyl (C=O) groups is 1. The van der Waals surface area contributed by atoms with Crippen LogP contribution in [0.1, 0.15) is 18.4 Å². The van der Waals surface area contributed by atoms with Crippen LogP contribution >= 0.6 is 0 Å². The van der Waals surface area contributed by atoms with Gasteiger partial charge in [-0.1, -0.05) is 30.3 Å². The molecule has 0 saturated carbocycles. The van der Waals surface area contributed by atoms with Gasteiger partial charge in [-0.25, -0.2) is 0 Å². The summed E-state index contributed by atoms with van der Waals surface area (Å²) in [6.45, 7) is 0. The van der Waals surface area contributed by atoms with Gasteiger partial charge in [0.05, 0.1) is 0 Å². The van der Waals surface area contributed by atoms with Crippen molar-refractivity contribution in [1.82, 2.24) is 0 Å². The van der Waals surface area contributed by atoms with Crippen LogP contribution in [0.5, 0.6) is 0 Å². The zero-order valence-electron chi connectivity index (χ0n) is 8.31. The summed E-state index contributed by atoms with van der Waals surface area (Å²) in [6, 6.07) is 9.93. The molecule has 0 aliphatic carbocycles. The van der Waals surface area contributed by atoms with E-state index in [4.69, 9.17) is 10.2 Å². The normalized spacial score (nSPS) is 8.71. The standard InChI is InChI=1S/C10H12O2.CH4O/c11-10(12)8-4-7-9-5-2-1-3-6-9;1-2/h1-3,5-6H,4,7-8H2,(H,11,12);2H,1H3. The van der Waals surface area contributed by atoms with Crippen molar-refractivity contribution in [3.05, 3.63) is 35.9 Å². The monoisotopic (exact) mass is 196 g/mol. The predicted molar refractivity (Wildman–Crippen MR) is 55.2 cm³/mol. The summed E-state index contributed by atoms with van der Waals surface area (Å²) in [5, 5.41) is 15.4. The van der Waals surface area contributed by atoms with Crippen LogP contribution in [0.3, 0.4) is 0 Å². The first kappa shape index (κ1) is 12.7. The lowest BCUT2D eigenvalue weighted by molar-refractivity contribution is -0.137. The van der Waals surface area contributed by atoms with Crippen LogP contribution in [0.15, 0.2) is 30.3 Å². The van der Waals surface area contributed by atoms with E-state index < -0.39 is 5.97 Å². The molecule has 1 rings (SSSR count). The minimum absolute atomic E-state index is 0.259. The molecule has 1 aromatic carbocycles. The lowest BCUT2D eigenvalue weighted by atomic mass is 10.1. The summed E-state index contributed by atoms with van der Waals surface area (Å²) in [6.07, 6.45) is 1.83. The molecular formula is C11H16O3. The van der Waals surface area contributed by atoms with E-state index >= 15 is 0 Å². The summed E-state index contributed by atoms with van der Waals surface area (Å²) >= 11 is 0. The van der Waals surface area contributed by atoms with Crippen molar-refractivity contribution in [2.24, 2.45) is 0 Å². The smallest absolute Gasteiger partial charge is 0.303 e. The molecule has 0 fully saturated rings. The zero-order valence-corrected chi connectivity index (χ0v) is 8.31. The van der Waals surface area contributed by atoms with E-state index in [-0.39, 0.29) is 6.42 Å². The Balaban J connectivity index is 0.000000791. The van der Waals surface area contributed by atoms with Gasteiger partial charge in [-0.3, -0.25) is 4.79 Å². The second kappa shape index (κ2) is 8.26. The Hall–Kier alpha value is -1.35. The number of benzene rings is 1. The van der Waals surface area contributed by atoms with Gasteiger partial charge in [0.25, 0.3) is 0 Å². The van der Waals surface area contributed by atoms with Crippen molar-refractivity contribution < 1.29 is 15.0 Å². The molecule has 0 bridgehead atoms. The number of hydrogen-bond donors (Lipinski definition) is 2. The Morgan fingerprint density at radius 2 is 1.79 bits per heavy atom. The van der Waals surface area contributed by atoms with Gasteiger partial charge in [0.2, 0.25) is 0 Å². The Morgan fingerprint density at radius 1 is 1.21 bits per heavy atom. The molecule has 0 aliphatic rings. The fourth-order valence-electron chi connectivity index (χ4n) is 1.09. The molecular weight excluding hydrogens is 180 g/mol. The molecule has 0 unspecified atom stereocenters. The van der Waals surface area contributed by atoms with E-state index in [0.29, 0.717) is 0 Å². The number of hydrogen-bond acceptors (Lipinski definition) is 2. The molecule has 0 radical (unpaired) electrons. The van der Waals surface area contributed by atoms with Crippen LogP contribution in [0, 0.1) is 0 Å². The van der Waals surface area contributed by atoms with Gasteiger partial charge in [0.15, 0.2) is 0 Å². The summed E-state index contributed by atoms with van der Waals surface area (Å²) in [4.78, 5) is 10.2. The summed E-state index contributed by atoms with van der Waals surface area (Å²) in [5.41, 5.74) is 1.21. The molecule has 0 aliphatic heterocycles. The molecule has 0 atom stereocenters. The predicted octanol–water partition coefficient (Wildman–Crippen LogP) is 1.70. The molecule has 0 aromatic heterocycles. The first-order valence-electron chi connectivity index (χ1n) is 4.49. The number of aliphatic carboxylic acids is 1. The van der Waals surface area contributed by atoms with Crippen LogP contribution in [-0.4, -0.2) is 23.3 Å². The third kappa shape index (κ3) is 6.20. The number of rotatable bonds is 4. The number of aryl methyl sites for hydroxylation is 1. The van der Waals surface area contributed by atoms with Crippen molar-refractivity contribution in [3.8, 4) is 0 Å². The third-order valence-corrected chi connectivity index (χ3v) is 1.70. The number of carboxylic acids is 1. The lowest BCUT2D eigenvalue weighted by Crippen LogP contribution is -1.95. The second-order valence-electron chi connectivity index (χ2n) is 2.73. The average molecular weight is 196 g/mol. The third-order valence-electron chi connectivity index (χ3n) is 1.70. The van der Waals surface area contributed by atoms with E-state index in [9.17, 15) is 4.79 Å². The van der Waals surface area contributed by atoms with E-state index in [0.717, 1.165) is 20.0 Å². The molecule has 0 saturated heterocycles. The largest absolute Gasteiger partial charge is 0.481 e. The van der Waals surface area contributed by atoms with Gasteiger partial charge in [-0.2, -0.15) is 0 Å². The first-order valence-corrected chi connectivity index (χ1v) is 4.49. The van der Waals surface area contributed by atoms with E-state index in [1.807, 2.05) is 30.3 Å². The van der Waals surface area contributed by atoms with E-state index in [1.165, 1.54) is 5.56 Å². The lowest BCUT2D eigenvalue weighted by Gasteiger charge is -1.97. The average Bonchev–Trinajstić information content (AvgIpc) is 2.22. The van der Waals surface area contributed by atoms with Crippen molar-refractivity contribution in [2.45, 2.75) is 19.3 Å². The van der Waals surface area contributed by atoms with Crippen LogP contribution in [-0.2, 0) is 11.2 Å². The highest BCUT2D eigenvalue weighted by Gasteiger charge is 1.96. The molecule has 3 nitrogen and oxygen atoms in total. The SMILES string of the molecule is CO.O=C(O)CCCc1ccccc1. The molecule has 1 aromatic rings. The Kier molecular flexibility index (Phi) is 7.46. The van der Waals surface area contributed by atoms with Gasteiger partial charge in [-0.15, -0.1) is 0 Å². The van der Waals surface area contributed by atoms with E-state index in [1.54, 1.807) is 0 Å². The molecule has 0 heterocycles.